The SMILES string of the molecule is CC[C@H](C)N1C(=O)NC(C)(c2cc(F)cc(F)c2)C1=O. The minimum atomic E-state index is -1.44. The van der Waals surface area contributed by atoms with Gasteiger partial charge in [-0.1, -0.05) is 6.92 Å². The lowest BCUT2D eigenvalue weighted by atomic mass is 9.91. The van der Waals surface area contributed by atoms with Gasteiger partial charge in [0, 0.05) is 12.1 Å². The predicted molar refractivity (Wildman–Crippen MR) is 68.8 cm³/mol. The zero-order chi connectivity index (χ0) is 15.1. The summed E-state index contributed by atoms with van der Waals surface area (Å²) >= 11 is 0. The Balaban J connectivity index is 2.46. The molecule has 1 aliphatic heterocycles. The Morgan fingerprint density at radius 2 is 1.80 bits per heavy atom. The van der Waals surface area contributed by atoms with Gasteiger partial charge in [0.15, 0.2) is 0 Å². The topological polar surface area (TPSA) is 49.4 Å². The molecule has 6 heteroatoms. The standard InChI is InChI=1S/C14H16F2N2O2/c1-4-8(2)18-12(19)14(3,17-13(18)20)9-5-10(15)7-11(16)6-9/h5-8H,4H2,1-3H3,(H,17,20)/t8-,14?/m0/s1. The summed E-state index contributed by atoms with van der Waals surface area (Å²) in [7, 11) is 0. The van der Waals surface area contributed by atoms with E-state index in [0.717, 1.165) is 23.1 Å². The molecule has 1 heterocycles. The quantitative estimate of drug-likeness (QED) is 0.866. The van der Waals surface area contributed by atoms with Crippen molar-refractivity contribution in [2.45, 2.75) is 38.8 Å². The van der Waals surface area contributed by atoms with Gasteiger partial charge in [-0.15, -0.1) is 0 Å². The van der Waals surface area contributed by atoms with Crippen molar-refractivity contribution >= 4 is 11.9 Å². The zero-order valence-electron chi connectivity index (χ0n) is 11.5. The number of benzene rings is 1. The molecule has 0 spiro atoms. The average Bonchev–Trinajstić information content (AvgIpc) is 2.59. The predicted octanol–water partition coefficient (Wildman–Crippen LogP) is 2.53. The van der Waals surface area contributed by atoms with Crippen molar-refractivity contribution in [1.29, 1.82) is 0 Å². The van der Waals surface area contributed by atoms with Crippen LogP contribution in [0.4, 0.5) is 13.6 Å². The molecule has 0 saturated carbocycles. The molecular weight excluding hydrogens is 266 g/mol. The second kappa shape index (κ2) is 4.85. The number of carbonyl (C=O) groups excluding carboxylic acids is 2. The lowest BCUT2D eigenvalue weighted by Crippen LogP contribution is -2.42. The first-order valence-corrected chi connectivity index (χ1v) is 6.42. The third-order valence-electron chi connectivity index (χ3n) is 3.69. The van der Waals surface area contributed by atoms with Gasteiger partial charge in [0.05, 0.1) is 0 Å². The van der Waals surface area contributed by atoms with E-state index in [1.807, 2.05) is 6.92 Å². The van der Waals surface area contributed by atoms with Crippen LogP contribution in [0.5, 0.6) is 0 Å². The largest absolute Gasteiger partial charge is 0.325 e. The first-order valence-electron chi connectivity index (χ1n) is 6.42. The molecule has 0 bridgehead atoms. The van der Waals surface area contributed by atoms with Crippen molar-refractivity contribution < 1.29 is 18.4 Å². The summed E-state index contributed by atoms with van der Waals surface area (Å²) in [5.41, 5.74) is -1.34. The van der Waals surface area contributed by atoms with Gasteiger partial charge < -0.3 is 5.32 Å². The smallest absolute Gasteiger partial charge is 0.319 e. The third-order valence-corrected chi connectivity index (χ3v) is 3.69. The van der Waals surface area contributed by atoms with E-state index in [4.69, 9.17) is 0 Å². The van der Waals surface area contributed by atoms with Gasteiger partial charge in [0.25, 0.3) is 5.91 Å². The van der Waals surface area contributed by atoms with Crippen molar-refractivity contribution in [2.75, 3.05) is 0 Å². The van der Waals surface area contributed by atoms with Gasteiger partial charge in [-0.3, -0.25) is 9.69 Å². The lowest BCUT2D eigenvalue weighted by Gasteiger charge is -2.24. The highest BCUT2D eigenvalue weighted by Crippen LogP contribution is 2.31. The molecule has 1 aromatic rings. The molecule has 1 aliphatic rings. The number of halogens is 2. The number of amides is 3. The molecule has 20 heavy (non-hydrogen) atoms. The van der Waals surface area contributed by atoms with E-state index >= 15 is 0 Å². The maximum atomic E-state index is 13.3. The van der Waals surface area contributed by atoms with Crippen molar-refractivity contribution in [1.82, 2.24) is 10.2 Å². The van der Waals surface area contributed by atoms with Crippen LogP contribution < -0.4 is 5.32 Å². The molecule has 1 saturated heterocycles. The van der Waals surface area contributed by atoms with Crippen LogP contribution in [0.3, 0.4) is 0 Å². The van der Waals surface area contributed by atoms with Crippen LogP contribution in [0, 0.1) is 11.6 Å². The number of urea groups is 1. The molecule has 0 aromatic heterocycles. The monoisotopic (exact) mass is 282 g/mol. The van der Waals surface area contributed by atoms with Gasteiger partial charge in [0.1, 0.15) is 17.2 Å². The Bertz CT molecular complexity index is 556. The summed E-state index contributed by atoms with van der Waals surface area (Å²) < 4.78 is 26.6. The fourth-order valence-electron chi connectivity index (χ4n) is 2.28. The number of hydrogen-bond acceptors (Lipinski definition) is 2. The van der Waals surface area contributed by atoms with Gasteiger partial charge in [-0.05, 0) is 38.0 Å². The van der Waals surface area contributed by atoms with E-state index < -0.39 is 29.1 Å². The fraction of sp³-hybridized carbons (Fsp3) is 0.429. The molecule has 108 valence electrons. The van der Waals surface area contributed by atoms with E-state index in [-0.39, 0.29) is 11.6 Å². The van der Waals surface area contributed by atoms with Gasteiger partial charge in [-0.2, -0.15) is 0 Å². The number of hydrogen-bond donors (Lipinski definition) is 1. The number of imide groups is 1. The number of nitrogens with one attached hydrogen (secondary N) is 1. The first kappa shape index (κ1) is 14.4. The van der Waals surface area contributed by atoms with Crippen LogP contribution in [-0.4, -0.2) is 22.9 Å². The Labute approximate surface area is 115 Å². The average molecular weight is 282 g/mol. The molecule has 3 amide bonds. The second-order valence-electron chi connectivity index (χ2n) is 5.15. The molecule has 0 radical (unpaired) electrons. The summed E-state index contributed by atoms with van der Waals surface area (Å²) in [6.07, 6.45) is 0.604. The Kier molecular flexibility index (Phi) is 3.50. The highest BCUT2D eigenvalue weighted by Gasteiger charge is 2.50. The number of nitrogens with zero attached hydrogens (tertiary/aromatic N) is 1. The normalized spacial score (nSPS) is 23.9. The van der Waals surface area contributed by atoms with Gasteiger partial charge in [0.2, 0.25) is 0 Å². The van der Waals surface area contributed by atoms with Crippen LogP contribution in [0.2, 0.25) is 0 Å². The molecular formula is C14H16F2N2O2. The van der Waals surface area contributed by atoms with E-state index in [9.17, 15) is 18.4 Å². The minimum absolute atomic E-state index is 0.0964. The molecule has 4 nitrogen and oxygen atoms in total. The van der Waals surface area contributed by atoms with Crippen molar-refractivity contribution in [3.63, 3.8) is 0 Å². The number of carbonyl (C=O) groups is 2. The van der Waals surface area contributed by atoms with E-state index in [2.05, 4.69) is 5.32 Å². The summed E-state index contributed by atoms with van der Waals surface area (Å²) in [5.74, 6) is -2.07. The van der Waals surface area contributed by atoms with Crippen molar-refractivity contribution in [3.05, 3.63) is 35.4 Å². The molecule has 1 unspecified atom stereocenters. The van der Waals surface area contributed by atoms with E-state index in [0.29, 0.717) is 6.42 Å². The molecule has 2 atom stereocenters. The molecule has 1 fully saturated rings. The highest BCUT2D eigenvalue weighted by atomic mass is 19.1. The first-order chi connectivity index (χ1) is 9.29. The Hall–Kier alpha value is -1.98. The number of rotatable bonds is 3. The van der Waals surface area contributed by atoms with Crippen LogP contribution in [0.25, 0.3) is 0 Å². The summed E-state index contributed by atoms with van der Waals surface area (Å²) in [6, 6.07) is 2.02. The van der Waals surface area contributed by atoms with Crippen molar-refractivity contribution in [2.24, 2.45) is 0 Å². The van der Waals surface area contributed by atoms with Crippen LogP contribution >= 0.6 is 0 Å². The maximum Gasteiger partial charge on any atom is 0.325 e. The van der Waals surface area contributed by atoms with Crippen LogP contribution in [-0.2, 0) is 10.3 Å². The van der Waals surface area contributed by atoms with Crippen LogP contribution in [0.1, 0.15) is 32.8 Å². The second-order valence-corrected chi connectivity index (χ2v) is 5.15. The summed E-state index contributed by atoms with van der Waals surface area (Å²) in [5, 5.41) is 2.52. The van der Waals surface area contributed by atoms with Crippen LogP contribution in [0.15, 0.2) is 18.2 Å². The minimum Gasteiger partial charge on any atom is -0.319 e. The molecule has 2 rings (SSSR count). The Morgan fingerprint density at radius 1 is 1.25 bits per heavy atom. The van der Waals surface area contributed by atoms with Crippen molar-refractivity contribution in [3.8, 4) is 0 Å². The highest BCUT2D eigenvalue weighted by molar-refractivity contribution is 6.07. The molecule has 0 aliphatic carbocycles. The lowest BCUT2D eigenvalue weighted by molar-refractivity contribution is -0.132. The third kappa shape index (κ3) is 2.15. The van der Waals surface area contributed by atoms with E-state index in [1.54, 1.807) is 6.92 Å². The van der Waals surface area contributed by atoms with E-state index in [1.165, 1.54) is 6.92 Å². The fourth-order valence-corrected chi connectivity index (χ4v) is 2.28. The Morgan fingerprint density at radius 3 is 2.30 bits per heavy atom. The summed E-state index contributed by atoms with van der Waals surface area (Å²) in [4.78, 5) is 25.5. The zero-order valence-corrected chi connectivity index (χ0v) is 11.5. The maximum absolute atomic E-state index is 13.3. The molecule has 1 aromatic carbocycles. The summed E-state index contributed by atoms with van der Waals surface area (Å²) in [6.45, 7) is 5.04. The van der Waals surface area contributed by atoms with Gasteiger partial charge >= 0.3 is 6.03 Å². The molecule has 1 N–H and O–H groups in total. The van der Waals surface area contributed by atoms with Gasteiger partial charge in [-0.25, -0.2) is 13.6 Å².